The summed E-state index contributed by atoms with van der Waals surface area (Å²) in [5, 5.41) is 14.2. The number of halogens is 1. The average molecular weight is 627 g/mol. The summed E-state index contributed by atoms with van der Waals surface area (Å²) in [7, 11) is 0. The molecule has 0 saturated heterocycles. The lowest BCUT2D eigenvalue weighted by Crippen LogP contribution is -2.55. The van der Waals surface area contributed by atoms with E-state index in [2.05, 4.69) is 34.7 Å². The molecule has 1 fully saturated rings. The Balaban J connectivity index is 1.58. The first-order chi connectivity index (χ1) is 19.5. The molecule has 0 aromatic heterocycles. The molecule has 1 aromatic rings. The molecule has 7 nitrogen and oxygen atoms in total. The van der Waals surface area contributed by atoms with Gasteiger partial charge in [0.25, 0.3) is 11.8 Å². The molecular formula is C33H40BrNO6. The quantitative estimate of drug-likeness (QED) is 0.109. The largest absolute Gasteiger partial charge is 0.461 e. The Kier molecular flexibility index (Phi) is 9.85. The van der Waals surface area contributed by atoms with Crippen LogP contribution in [0.4, 0.5) is 0 Å². The third kappa shape index (κ3) is 6.49. The molecule has 2 N–H and O–H groups in total. The number of benzene rings is 1. The predicted molar refractivity (Wildman–Crippen MR) is 159 cm³/mol. The molecule has 7 atom stereocenters. The van der Waals surface area contributed by atoms with Gasteiger partial charge >= 0.3 is 5.97 Å². The third-order valence-corrected chi connectivity index (χ3v) is 9.51. The number of amides is 2. The average Bonchev–Trinajstić information content (AvgIpc) is 3.23. The van der Waals surface area contributed by atoms with Gasteiger partial charge in [0.2, 0.25) is 0 Å². The second kappa shape index (κ2) is 13.0. The zero-order valence-electron chi connectivity index (χ0n) is 24.0. The first kappa shape index (κ1) is 31.1. The Morgan fingerprint density at radius 1 is 1.20 bits per heavy atom. The summed E-state index contributed by atoms with van der Waals surface area (Å²) >= 11 is 3.39. The molecular weight excluding hydrogens is 586 g/mol. The van der Waals surface area contributed by atoms with Crippen molar-refractivity contribution in [2.45, 2.75) is 71.5 Å². The van der Waals surface area contributed by atoms with Crippen molar-refractivity contribution in [1.82, 2.24) is 5.32 Å². The molecule has 4 rings (SSSR count). The lowest BCUT2D eigenvalue weighted by Gasteiger charge is -2.51. The number of hydrogen-bond donors (Lipinski definition) is 2. The van der Waals surface area contributed by atoms with Gasteiger partial charge in [-0.05, 0) is 48.8 Å². The number of carbonyl (C=O) groups excluding carboxylic acids is 4. The number of allylic oxidation sites excluding steroid dienone is 2. The van der Waals surface area contributed by atoms with Crippen molar-refractivity contribution >= 4 is 39.5 Å². The van der Waals surface area contributed by atoms with E-state index >= 15 is 0 Å². The Hall–Kier alpha value is -2.84. The SMILES string of the molecule is C=CC(CCCCC)C1=C(C(=O)C2C(C)C=CC3(O)CC(C(=O)OCc4ccc(Br)cc4)CC(C)C23)C(=O)NC1=O. The number of unbranched alkanes of at least 4 members (excludes halogenated alkanes) is 2. The molecule has 1 aliphatic heterocycles. The van der Waals surface area contributed by atoms with Crippen LogP contribution in [0.5, 0.6) is 0 Å². The lowest BCUT2D eigenvalue weighted by molar-refractivity contribution is -0.161. The van der Waals surface area contributed by atoms with Gasteiger partial charge in [0, 0.05) is 27.8 Å². The molecule has 8 heteroatoms. The van der Waals surface area contributed by atoms with Gasteiger partial charge in [-0.15, -0.1) is 6.58 Å². The molecule has 0 bridgehead atoms. The van der Waals surface area contributed by atoms with Crippen molar-refractivity contribution in [2.24, 2.45) is 35.5 Å². The number of carbonyl (C=O) groups is 4. The van der Waals surface area contributed by atoms with Crippen LogP contribution in [-0.2, 0) is 30.5 Å². The van der Waals surface area contributed by atoms with Crippen LogP contribution in [0.2, 0.25) is 0 Å². The first-order valence-electron chi connectivity index (χ1n) is 14.6. The minimum atomic E-state index is -1.43. The van der Waals surface area contributed by atoms with Crippen molar-refractivity contribution in [3.8, 4) is 0 Å². The molecule has 7 unspecified atom stereocenters. The molecule has 2 aliphatic carbocycles. The van der Waals surface area contributed by atoms with Gasteiger partial charge in [-0.2, -0.15) is 0 Å². The van der Waals surface area contributed by atoms with Crippen LogP contribution in [-0.4, -0.2) is 34.3 Å². The number of esters is 1. The maximum Gasteiger partial charge on any atom is 0.309 e. The van der Waals surface area contributed by atoms with Crippen molar-refractivity contribution in [3.05, 3.63) is 70.3 Å². The van der Waals surface area contributed by atoms with E-state index in [1.807, 2.05) is 38.1 Å². The van der Waals surface area contributed by atoms with E-state index in [0.29, 0.717) is 12.8 Å². The van der Waals surface area contributed by atoms with Crippen molar-refractivity contribution in [2.75, 3.05) is 0 Å². The number of hydrogen-bond acceptors (Lipinski definition) is 6. The van der Waals surface area contributed by atoms with Gasteiger partial charge in [0.15, 0.2) is 5.78 Å². The van der Waals surface area contributed by atoms with Crippen molar-refractivity contribution in [1.29, 1.82) is 0 Å². The van der Waals surface area contributed by atoms with Crippen molar-refractivity contribution < 1.29 is 29.0 Å². The minimum absolute atomic E-state index is 0.103. The van der Waals surface area contributed by atoms with E-state index in [9.17, 15) is 24.3 Å². The smallest absolute Gasteiger partial charge is 0.309 e. The fourth-order valence-corrected chi connectivity index (χ4v) is 7.24. The summed E-state index contributed by atoms with van der Waals surface area (Å²) in [5.74, 6) is -4.70. The monoisotopic (exact) mass is 625 g/mol. The standard InChI is InChI=1S/C33H40BrNO6/c1-5-7-8-9-22(6-2)26-27(31(38)35-30(26)37)29(36)25-19(3)14-15-33(40)17-23(16-20(4)28(25)33)32(39)41-18-21-10-12-24(34)13-11-21/h6,10-15,19-20,22-23,25,28,40H,2,5,7-9,16-18H2,1,3-4H3,(H,35,37,38). The lowest BCUT2D eigenvalue weighted by atomic mass is 9.55. The fourth-order valence-electron chi connectivity index (χ4n) is 6.97. The molecule has 0 spiro atoms. The summed E-state index contributed by atoms with van der Waals surface area (Å²) in [5.41, 5.74) is -0.478. The molecule has 3 aliphatic rings. The summed E-state index contributed by atoms with van der Waals surface area (Å²) in [6.45, 7) is 9.93. The summed E-state index contributed by atoms with van der Waals surface area (Å²) < 4.78 is 6.55. The third-order valence-electron chi connectivity index (χ3n) is 8.98. The normalized spacial score (nSPS) is 30.0. The highest BCUT2D eigenvalue weighted by Crippen LogP contribution is 2.51. The van der Waals surface area contributed by atoms with Crippen LogP contribution in [0.1, 0.15) is 64.9 Å². The molecule has 41 heavy (non-hydrogen) atoms. The van der Waals surface area contributed by atoms with Gasteiger partial charge in [-0.3, -0.25) is 24.5 Å². The van der Waals surface area contributed by atoms with Crippen LogP contribution in [0.25, 0.3) is 0 Å². The molecule has 0 radical (unpaired) electrons. The van der Waals surface area contributed by atoms with E-state index in [1.54, 1.807) is 18.2 Å². The molecule has 1 aromatic carbocycles. The van der Waals surface area contributed by atoms with E-state index in [0.717, 1.165) is 29.3 Å². The molecule has 2 amide bonds. The van der Waals surface area contributed by atoms with E-state index in [4.69, 9.17) is 4.74 Å². The number of fused-ring (bicyclic) bond motifs is 1. The maximum absolute atomic E-state index is 14.2. The summed E-state index contributed by atoms with van der Waals surface area (Å²) in [6.07, 6.45) is 9.16. The first-order valence-corrected chi connectivity index (χ1v) is 15.4. The van der Waals surface area contributed by atoms with Crippen LogP contribution >= 0.6 is 15.9 Å². The highest BCUT2D eigenvalue weighted by molar-refractivity contribution is 9.10. The second-order valence-electron chi connectivity index (χ2n) is 11.9. The Labute approximate surface area is 250 Å². The predicted octanol–water partition coefficient (Wildman–Crippen LogP) is 5.61. The zero-order valence-corrected chi connectivity index (χ0v) is 25.6. The van der Waals surface area contributed by atoms with Crippen molar-refractivity contribution in [3.63, 3.8) is 0 Å². The topological polar surface area (TPSA) is 110 Å². The molecule has 1 saturated carbocycles. The second-order valence-corrected chi connectivity index (χ2v) is 12.8. The molecule has 1 heterocycles. The van der Waals surface area contributed by atoms with Crippen LogP contribution in [0, 0.1) is 35.5 Å². The summed E-state index contributed by atoms with van der Waals surface area (Å²) in [6, 6.07) is 7.51. The number of Topliss-reactive ketones (excluding diaryl/α,β-unsaturated/α-hetero) is 1. The fraction of sp³-hybridized carbons (Fsp3) is 0.515. The van der Waals surface area contributed by atoms with E-state index < -0.39 is 46.9 Å². The van der Waals surface area contributed by atoms with Gasteiger partial charge in [0.1, 0.15) is 6.61 Å². The van der Waals surface area contributed by atoms with E-state index in [1.165, 1.54) is 0 Å². The van der Waals surface area contributed by atoms with Gasteiger partial charge < -0.3 is 9.84 Å². The van der Waals surface area contributed by atoms with Gasteiger partial charge in [-0.1, -0.05) is 86.3 Å². The Morgan fingerprint density at radius 3 is 2.56 bits per heavy atom. The van der Waals surface area contributed by atoms with Crippen LogP contribution in [0.15, 0.2) is 64.7 Å². The number of rotatable bonds is 11. The Morgan fingerprint density at radius 2 is 1.90 bits per heavy atom. The minimum Gasteiger partial charge on any atom is -0.461 e. The number of aliphatic hydroxyl groups is 1. The number of nitrogens with one attached hydrogen (secondary N) is 1. The number of imide groups is 1. The van der Waals surface area contributed by atoms with Gasteiger partial charge in [-0.25, -0.2) is 0 Å². The molecule has 220 valence electrons. The Bertz CT molecular complexity index is 1270. The van der Waals surface area contributed by atoms with Crippen LogP contribution in [0.3, 0.4) is 0 Å². The number of ether oxygens (including phenoxy) is 1. The summed E-state index contributed by atoms with van der Waals surface area (Å²) in [4.78, 5) is 53.2. The van der Waals surface area contributed by atoms with Crippen LogP contribution < -0.4 is 5.32 Å². The van der Waals surface area contributed by atoms with E-state index in [-0.39, 0.29) is 42.0 Å². The zero-order chi connectivity index (χ0) is 29.9. The highest BCUT2D eigenvalue weighted by atomic mass is 79.9. The van der Waals surface area contributed by atoms with Gasteiger partial charge in [0.05, 0.1) is 17.1 Å². The highest BCUT2D eigenvalue weighted by Gasteiger charge is 2.56. The number of ketones is 1. The maximum atomic E-state index is 14.2.